The lowest BCUT2D eigenvalue weighted by Crippen LogP contribution is -2.64. The SMILES string of the molecule is CC1O[C@@H](OCC2O[C@@H](Oc3c(-c4ccc(O)cc4)oc4cc(O)cc(O)c4c3=O)C(O)C(O)[C@H]2O)C(O)[C@@H](O[C@@H]2OC(CO)[C@@H](O)[C@H](O)C2O)[C@H]1O. The number of phenols is 3. The number of rotatable bonds is 9. The Balaban J connectivity index is 1.22. The maximum absolute atomic E-state index is 13.7. The number of hydrogen-bond acceptors (Lipinski definition) is 20. The topological polar surface area (TPSA) is 328 Å². The van der Waals surface area contributed by atoms with Crippen LogP contribution in [0.1, 0.15) is 6.92 Å². The summed E-state index contributed by atoms with van der Waals surface area (Å²) in [6.45, 7) is -0.0799. The van der Waals surface area contributed by atoms with Gasteiger partial charge in [-0.25, -0.2) is 0 Å². The quantitative estimate of drug-likeness (QED) is 0.100. The average molecular weight is 757 g/mol. The van der Waals surface area contributed by atoms with E-state index in [9.17, 15) is 66.1 Å². The van der Waals surface area contributed by atoms with Crippen molar-refractivity contribution in [2.45, 2.75) is 99.0 Å². The standard InChI is InChI=1S/C33H40O20/c1-10-19(38)29(52-32-25(44)23(42)20(39)16(8-34)50-32)27(46)31(48-10)47-9-17-21(40)24(43)26(45)33(51-17)53-30-22(41)18-14(37)6-13(36)7-15(18)49-28(30)11-2-4-12(35)5-3-11/h2-7,10,16-17,19-21,23-27,29,31-40,42-46H,8-9H2,1H3/t10?,16?,17?,19-,20+,21-,23-,24?,25?,26?,27?,29-,31+,32-,33-/m0/s1. The summed E-state index contributed by atoms with van der Waals surface area (Å²) < 4.78 is 39.4. The van der Waals surface area contributed by atoms with Crippen LogP contribution in [0.2, 0.25) is 0 Å². The minimum atomic E-state index is -2.00. The highest BCUT2D eigenvalue weighted by molar-refractivity contribution is 5.88. The highest BCUT2D eigenvalue weighted by atomic mass is 16.7. The van der Waals surface area contributed by atoms with E-state index in [1.807, 2.05) is 0 Å². The molecule has 12 N–H and O–H groups in total. The molecule has 0 spiro atoms. The lowest BCUT2D eigenvalue weighted by molar-refractivity contribution is -0.361. The lowest BCUT2D eigenvalue weighted by atomic mass is 9.97. The normalized spacial score (nSPS) is 37.8. The molecule has 4 heterocycles. The van der Waals surface area contributed by atoms with Crippen molar-refractivity contribution >= 4 is 11.0 Å². The van der Waals surface area contributed by atoms with Gasteiger partial charge in [0.2, 0.25) is 17.5 Å². The van der Waals surface area contributed by atoms with Crippen LogP contribution in [0.15, 0.2) is 45.6 Å². The van der Waals surface area contributed by atoms with Gasteiger partial charge >= 0.3 is 0 Å². The molecule has 0 amide bonds. The first-order chi connectivity index (χ1) is 25.1. The molecular weight excluding hydrogens is 716 g/mol. The molecule has 3 saturated heterocycles. The summed E-state index contributed by atoms with van der Waals surface area (Å²) in [4.78, 5) is 13.7. The Labute approximate surface area is 298 Å². The second-order valence-electron chi connectivity index (χ2n) is 12.9. The number of ether oxygens (including phenoxy) is 6. The van der Waals surface area contributed by atoms with Gasteiger partial charge in [0.25, 0.3) is 0 Å². The van der Waals surface area contributed by atoms with Crippen LogP contribution in [-0.2, 0) is 23.7 Å². The van der Waals surface area contributed by atoms with Crippen LogP contribution in [0, 0.1) is 0 Å². The number of hydrogen-bond donors (Lipinski definition) is 12. The second-order valence-corrected chi connectivity index (χ2v) is 12.9. The van der Waals surface area contributed by atoms with E-state index in [0.29, 0.717) is 0 Å². The first kappa shape index (κ1) is 39.0. The van der Waals surface area contributed by atoms with Crippen molar-refractivity contribution < 1.29 is 94.1 Å². The highest BCUT2D eigenvalue weighted by Gasteiger charge is 2.51. The van der Waals surface area contributed by atoms with E-state index in [2.05, 4.69) is 0 Å². The number of aliphatic hydroxyl groups is 9. The van der Waals surface area contributed by atoms with Gasteiger partial charge in [0.15, 0.2) is 18.3 Å². The molecule has 0 radical (unpaired) electrons. The summed E-state index contributed by atoms with van der Waals surface area (Å²) in [5.41, 5.74) is -1.09. The fraction of sp³-hybridized carbons (Fsp3) is 0.545. The Hall–Kier alpha value is -3.71. The van der Waals surface area contributed by atoms with Gasteiger partial charge in [-0.05, 0) is 31.2 Å². The largest absolute Gasteiger partial charge is 0.508 e. The van der Waals surface area contributed by atoms with E-state index in [1.54, 1.807) is 0 Å². The third-order valence-electron chi connectivity index (χ3n) is 9.30. The molecule has 20 heteroatoms. The van der Waals surface area contributed by atoms with Gasteiger partial charge in [-0.1, -0.05) is 0 Å². The van der Waals surface area contributed by atoms with Crippen molar-refractivity contribution in [2.75, 3.05) is 13.2 Å². The Morgan fingerprint density at radius 3 is 1.96 bits per heavy atom. The molecule has 15 atom stereocenters. The van der Waals surface area contributed by atoms with Gasteiger partial charge in [0.1, 0.15) is 95.4 Å². The zero-order chi connectivity index (χ0) is 38.5. The smallest absolute Gasteiger partial charge is 0.239 e. The molecule has 0 aliphatic carbocycles. The van der Waals surface area contributed by atoms with Crippen molar-refractivity contribution in [3.63, 3.8) is 0 Å². The third-order valence-corrected chi connectivity index (χ3v) is 9.30. The number of benzene rings is 2. The summed E-state index contributed by atoms with van der Waals surface area (Å²) in [7, 11) is 0. The molecule has 7 unspecified atom stereocenters. The van der Waals surface area contributed by atoms with Gasteiger partial charge in [0, 0.05) is 17.7 Å². The fourth-order valence-corrected chi connectivity index (χ4v) is 6.27. The highest BCUT2D eigenvalue weighted by Crippen LogP contribution is 2.38. The van der Waals surface area contributed by atoms with Crippen LogP contribution >= 0.6 is 0 Å². The number of aromatic hydroxyl groups is 3. The predicted molar refractivity (Wildman–Crippen MR) is 171 cm³/mol. The molecule has 3 aromatic rings. The first-order valence-corrected chi connectivity index (χ1v) is 16.4. The molecule has 3 aliphatic rings. The lowest BCUT2D eigenvalue weighted by Gasteiger charge is -2.46. The van der Waals surface area contributed by atoms with Crippen LogP contribution < -0.4 is 10.2 Å². The third kappa shape index (κ3) is 7.52. The minimum Gasteiger partial charge on any atom is -0.508 e. The van der Waals surface area contributed by atoms with Crippen LogP contribution in [0.3, 0.4) is 0 Å². The summed E-state index contributed by atoms with van der Waals surface area (Å²) in [6, 6.07) is 7.18. The van der Waals surface area contributed by atoms with E-state index in [-0.39, 0.29) is 22.7 Å². The molecule has 3 fully saturated rings. The molecule has 20 nitrogen and oxygen atoms in total. The summed E-state index contributed by atoms with van der Waals surface area (Å²) in [5.74, 6) is -2.19. The van der Waals surface area contributed by atoms with E-state index in [0.717, 1.165) is 12.1 Å². The molecule has 3 aliphatic heterocycles. The second kappa shape index (κ2) is 15.6. The van der Waals surface area contributed by atoms with E-state index >= 15 is 0 Å². The Kier molecular flexibility index (Phi) is 11.5. The molecule has 0 bridgehead atoms. The van der Waals surface area contributed by atoms with Gasteiger partial charge in [-0.15, -0.1) is 0 Å². The zero-order valence-electron chi connectivity index (χ0n) is 27.7. The molecule has 292 valence electrons. The number of phenolic OH excluding ortho intramolecular Hbond substituents is 3. The maximum atomic E-state index is 13.7. The summed E-state index contributed by atoms with van der Waals surface area (Å²) >= 11 is 0. The van der Waals surface area contributed by atoms with E-state index in [4.69, 9.17) is 32.8 Å². The van der Waals surface area contributed by atoms with Crippen molar-refractivity contribution in [1.29, 1.82) is 0 Å². The van der Waals surface area contributed by atoms with Crippen LogP contribution in [-0.4, -0.2) is 167 Å². The average Bonchev–Trinajstić information content (AvgIpc) is 3.12. The Morgan fingerprint density at radius 1 is 0.679 bits per heavy atom. The van der Waals surface area contributed by atoms with Gasteiger partial charge in [0.05, 0.1) is 19.3 Å². The molecular formula is C33H40O20. The van der Waals surface area contributed by atoms with Crippen molar-refractivity contribution in [2.24, 2.45) is 0 Å². The van der Waals surface area contributed by atoms with Crippen LogP contribution in [0.4, 0.5) is 0 Å². The first-order valence-electron chi connectivity index (χ1n) is 16.4. The molecule has 0 saturated carbocycles. The number of fused-ring (bicyclic) bond motifs is 1. The van der Waals surface area contributed by atoms with Gasteiger partial charge in [-0.2, -0.15) is 0 Å². The monoisotopic (exact) mass is 756 g/mol. The molecule has 53 heavy (non-hydrogen) atoms. The fourth-order valence-electron chi connectivity index (χ4n) is 6.27. The Bertz CT molecular complexity index is 1780. The number of aliphatic hydroxyl groups excluding tert-OH is 9. The van der Waals surface area contributed by atoms with Crippen LogP contribution in [0.25, 0.3) is 22.3 Å². The molecule has 1 aromatic heterocycles. The minimum absolute atomic E-state index is 0.136. The van der Waals surface area contributed by atoms with E-state index in [1.165, 1.54) is 31.2 Å². The summed E-state index contributed by atoms with van der Waals surface area (Å²) in [6.07, 6.45) is -25.6. The predicted octanol–water partition coefficient (Wildman–Crippen LogP) is -3.57. The molecule has 2 aromatic carbocycles. The van der Waals surface area contributed by atoms with Gasteiger partial charge < -0.3 is 94.1 Å². The zero-order valence-corrected chi connectivity index (χ0v) is 27.7. The van der Waals surface area contributed by atoms with Gasteiger partial charge in [-0.3, -0.25) is 4.79 Å². The van der Waals surface area contributed by atoms with Crippen molar-refractivity contribution in [3.8, 4) is 34.3 Å². The van der Waals surface area contributed by atoms with Crippen molar-refractivity contribution in [1.82, 2.24) is 0 Å². The molecule has 6 rings (SSSR count). The van der Waals surface area contributed by atoms with E-state index < -0.39 is 133 Å². The van der Waals surface area contributed by atoms with Crippen molar-refractivity contribution in [3.05, 3.63) is 46.6 Å². The Morgan fingerprint density at radius 2 is 1.30 bits per heavy atom. The van der Waals surface area contributed by atoms with Crippen LogP contribution in [0.5, 0.6) is 23.0 Å². The maximum Gasteiger partial charge on any atom is 0.239 e. The summed E-state index contributed by atoms with van der Waals surface area (Å²) in [5, 5.41) is 124.